The lowest BCUT2D eigenvalue weighted by Gasteiger charge is -2.40. The van der Waals surface area contributed by atoms with Crippen LogP contribution in [-0.2, 0) is 32.2 Å². The number of nitrogens with zero attached hydrogens (tertiary/aromatic N) is 3. The van der Waals surface area contributed by atoms with Gasteiger partial charge in [-0.1, -0.05) is 30.3 Å². The van der Waals surface area contributed by atoms with Crippen molar-refractivity contribution in [3.05, 3.63) is 123 Å². The molecule has 0 spiro atoms. The fourth-order valence-electron chi connectivity index (χ4n) is 9.05. The molecule has 0 saturated carbocycles. The van der Waals surface area contributed by atoms with Gasteiger partial charge in [0.25, 0.3) is 11.1 Å². The molecule has 0 atom stereocenters. The number of thioether (sulfide) groups is 1. The van der Waals surface area contributed by atoms with Gasteiger partial charge in [-0.25, -0.2) is 4.39 Å². The number of benzene rings is 3. The van der Waals surface area contributed by atoms with Crippen LogP contribution in [0.4, 0.5) is 4.39 Å². The van der Waals surface area contributed by atoms with E-state index in [4.69, 9.17) is 9.47 Å². The first-order valence-electron chi connectivity index (χ1n) is 22.3. The van der Waals surface area contributed by atoms with Crippen molar-refractivity contribution in [1.29, 1.82) is 0 Å². The zero-order chi connectivity index (χ0) is 44.1. The summed E-state index contributed by atoms with van der Waals surface area (Å²) < 4.78 is 28.0. The standard InChI is InChI=1S/C29H35FN2O3S.C21H28N2O3/c1-3-35-28(34)29(12-5-15-32-26-20-22(2)8-9-23(26)10-11-27(32)33)13-16-31(17-14-29)18-19-36-25-7-4-6-24(30)21-25;1-3-26-20(25)21(10-12-22-13-11-21)9-4-14-23-18-15-16(2)5-6-17(18)7-8-19(23)24/h4,6-11,20-21H,3,5,12-19H2,1-2H3;5-8,15,22H,3-4,9-14H2,1-2H3. The second-order valence-electron chi connectivity index (χ2n) is 16.9. The number of likely N-dealkylation sites (tertiary alicyclic amines) is 1. The monoisotopic (exact) mass is 866 g/mol. The fraction of sp³-hybridized carbons (Fsp3) is 0.480. The van der Waals surface area contributed by atoms with Gasteiger partial charge in [-0.05, 0) is 170 Å². The van der Waals surface area contributed by atoms with E-state index in [1.54, 1.807) is 36.0 Å². The molecule has 0 radical (unpaired) electrons. The van der Waals surface area contributed by atoms with Gasteiger partial charge in [0.2, 0.25) is 0 Å². The Morgan fingerprint density at radius 3 is 1.68 bits per heavy atom. The van der Waals surface area contributed by atoms with Gasteiger partial charge in [0.1, 0.15) is 5.82 Å². The van der Waals surface area contributed by atoms with E-state index >= 15 is 0 Å². The Bertz CT molecular complexity index is 2420. The van der Waals surface area contributed by atoms with E-state index in [0.29, 0.717) is 32.7 Å². The van der Waals surface area contributed by atoms with Crippen LogP contribution in [0.1, 0.15) is 76.3 Å². The lowest BCUT2D eigenvalue weighted by molar-refractivity contribution is -0.159. The number of nitrogens with one attached hydrogen (secondary N) is 1. The van der Waals surface area contributed by atoms with Gasteiger partial charge in [0.15, 0.2) is 0 Å². The van der Waals surface area contributed by atoms with Gasteiger partial charge in [0.05, 0.1) is 35.1 Å². The number of piperidine rings is 2. The molecule has 10 nitrogen and oxygen atoms in total. The van der Waals surface area contributed by atoms with Gasteiger partial charge in [-0.3, -0.25) is 19.2 Å². The molecular weight excluding hydrogens is 804 g/mol. The summed E-state index contributed by atoms with van der Waals surface area (Å²) in [6, 6.07) is 26.0. The molecule has 2 saturated heterocycles. The van der Waals surface area contributed by atoms with Crippen LogP contribution in [0.2, 0.25) is 0 Å². The number of fused-ring (bicyclic) bond motifs is 2. The third kappa shape index (κ3) is 11.8. The third-order valence-corrected chi connectivity index (χ3v) is 13.6. The highest BCUT2D eigenvalue weighted by molar-refractivity contribution is 7.99. The summed E-state index contributed by atoms with van der Waals surface area (Å²) in [6.07, 6.45) is 6.08. The Morgan fingerprint density at radius 1 is 0.677 bits per heavy atom. The lowest BCUT2D eigenvalue weighted by atomic mass is 9.74. The number of ether oxygens (including phenoxy) is 2. The maximum atomic E-state index is 13.4. The van der Waals surface area contributed by atoms with Crippen LogP contribution >= 0.6 is 11.8 Å². The molecule has 2 fully saturated rings. The fourth-order valence-corrected chi connectivity index (χ4v) is 10.0. The number of aromatic nitrogens is 2. The summed E-state index contributed by atoms with van der Waals surface area (Å²) in [6.45, 7) is 14.0. The topological polar surface area (TPSA) is 112 Å². The van der Waals surface area contributed by atoms with E-state index in [-0.39, 0.29) is 28.9 Å². The van der Waals surface area contributed by atoms with Crippen molar-refractivity contribution in [2.24, 2.45) is 10.8 Å². The van der Waals surface area contributed by atoms with Crippen LogP contribution in [0.3, 0.4) is 0 Å². The van der Waals surface area contributed by atoms with Crippen LogP contribution in [-0.4, -0.2) is 77.7 Å². The number of carbonyl (C=O) groups excluding carboxylic acids is 2. The Labute approximate surface area is 369 Å². The van der Waals surface area contributed by atoms with Crippen LogP contribution in [0.25, 0.3) is 21.8 Å². The molecule has 2 aliphatic rings. The Morgan fingerprint density at radius 2 is 1.18 bits per heavy atom. The van der Waals surface area contributed by atoms with Crippen LogP contribution < -0.4 is 16.4 Å². The van der Waals surface area contributed by atoms with Gasteiger partial charge in [0, 0.05) is 42.4 Å². The average molecular weight is 867 g/mol. The predicted octanol–water partition coefficient (Wildman–Crippen LogP) is 8.69. The molecule has 5 aromatic rings. The van der Waals surface area contributed by atoms with E-state index < -0.39 is 10.8 Å². The highest BCUT2D eigenvalue weighted by Crippen LogP contribution is 2.39. The Kier molecular flexibility index (Phi) is 16.6. The normalized spacial score (nSPS) is 16.1. The Balaban J connectivity index is 0.000000218. The molecule has 2 aromatic heterocycles. The molecule has 0 aliphatic carbocycles. The smallest absolute Gasteiger partial charge is 0.312 e. The van der Waals surface area contributed by atoms with E-state index in [9.17, 15) is 23.6 Å². The van der Waals surface area contributed by atoms with Crippen molar-refractivity contribution >= 4 is 45.5 Å². The molecule has 0 amide bonds. The maximum Gasteiger partial charge on any atom is 0.312 e. The Hall–Kier alpha value is -4.78. The maximum absolute atomic E-state index is 13.4. The van der Waals surface area contributed by atoms with Crippen molar-refractivity contribution < 1.29 is 23.5 Å². The molecule has 12 heteroatoms. The summed E-state index contributed by atoms with van der Waals surface area (Å²) in [5.41, 5.74) is 3.25. The van der Waals surface area contributed by atoms with E-state index in [2.05, 4.69) is 34.5 Å². The molecule has 1 N–H and O–H groups in total. The minimum absolute atomic E-state index is 0.0103. The number of hydrogen-bond donors (Lipinski definition) is 1. The van der Waals surface area contributed by atoms with Crippen molar-refractivity contribution in [2.45, 2.75) is 97.0 Å². The third-order valence-electron chi connectivity index (χ3n) is 12.6. The van der Waals surface area contributed by atoms with Gasteiger partial charge < -0.3 is 28.8 Å². The van der Waals surface area contributed by atoms with Crippen molar-refractivity contribution in [1.82, 2.24) is 19.4 Å². The zero-order valence-corrected chi connectivity index (χ0v) is 37.7. The molecule has 62 heavy (non-hydrogen) atoms. The largest absolute Gasteiger partial charge is 0.466 e. The number of aryl methyl sites for hydroxylation is 4. The van der Waals surface area contributed by atoms with E-state index in [1.807, 2.05) is 67.2 Å². The van der Waals surface area contributed by atoms with E-state index in [1.165, 1.54) is 6.07 Å². The SMILES string of the molecule is CCOC(=O)C1(CCCn2c(=O)ccc3ccc(C)cc32)CCN(CCSc2cccc(F)c2)CC1.CCOC(=O)C1(CCCn2c(=O)ccc3ccc(C)cc32)CCNCC1. The molecule has 4 heterocycles. The van der Waals surface area contributed by atoms with Crippen molar-refractivity contribution in [2.75, 3.05) is 51.7 Å². The highest BCUT2D eigenvalue weighted by atomic mass is 32.2. The summed E-state index contributed by atoms with van der Waals surface area (Å²) >= 11 is 1.65. The van der Waals surface area contributed by atoms with Gasteiger partial charge >= 0.3 is 11.9 Å². The molecule has 0 unspecified atom stereocenters. The summed E-state index contributed by atoms with van der Waals surface area (Å²) in [4.78, 5) is 54.0. The zero-order valence-electron chi connectivity index (χ0n) is 36.9. The number of carbonyl (C=O) groups is 2. The predicted molar refractivity (Wildman–Crippen MR) is 247 cm³/mol. The number of hydrogen-bond acceptors (Lipinski definition) is 9. The average Bonchev–Trinajstić information content (AvgIpc) is 3.26. The number of halogens is 1. The highest BCUT2D eigenvalue weighted by Gasteiger charge is 2.42. The van der Waals surface area contributed by atoms with E-state index in [0.717, 1.165) is 121 Å². The molecular formula is C50H63FN4O6S. The van der Waals surface area contributed by atoms with Gasteiger partial charge in [-0.15, -0.1) is 11.8 Å². The number of pyridine rings is 2. The first kappa shape index (κ1) is 46.7. The second-order valence-corrected chi connectivity index (χ2v) is 18.0. The quantitative estimate of drug-likeness (QED) is 0.0770. The molecule has 7 rings (SSSR count). The summed E-state index contributed by atoms with van der Waals surface area (Å²) in [5, 5.41) is 5.43. The molecule has 3 aromatic carbocycles. The summed E-state index contributed by atoms with van der Waals surface area (Å²) in [5.74, 6) is 0.472. The van der Waals surface area contributed by atoms with Crippen LogP contribution in [0, 0.1) is 30.5 Å². The molecule has 0 bridgehead atoms. The summed E-state index contributed by atoms with van der Waals surface area (Å²) in [7, 11) is 0. The molecule has 2 aliphatic heterocycles. The molecule has 332 valence electrons. The number of esters is 2. The minimum Gasteiger partial charge on any atom is -0.466 e. The minimum atomic E-state index is -0.508. The van der Waals surface area contributed by atoms with Crippen molar-refractivity contribution in [3.8, 4) is 0 Å². The van der Waals surface area contributed by atoms with Crippen LogP contribution in [0.5, 0.6) is 0 Å². The van der Waals surface area contributed by atoms with Crippen LogP contribution in [0.15, 0.2) is 99.4 Å². The first-order chi connectivity index (χ1) is 30.0. The van der Waals surface area contributed by atoms with Crippen molar-refractivity contribution in [3.63, 3.8) is 0 Å². The van der Waals surface area contributed by atoms with Gasteiger partial charge in [-0.2, -0.15) is 0 Å². The second kappa shape index (κ2) is 22.0. The number of rotatable bonds is 16. The lowest BCUT2D eigenvalue weighted by Crippen LogP contribution is -2.46. The first-order valence-corrected chi connectivity index (χ1v) is 23.3.